The molecule has 2 aliphatic rings. The summed E-state index contributed by atoms with van der Waals surface area (Å²) in [6.07, 6.45) is 3.74. The van der Waals surface area contributed by atoms with E-state index in [-0.39, 0.29) is 24.2 Å². The fourth-order valence-corrected chi connectivity index (χ4v) is 6.74. The molecule has 2 aromatic carbocycles. The van der Waals surface area contributed by atoms with E-state index in [2.05, 4.69) is 25.1 Å². The van der Waals surface area contributed by atoms with Crippen molar-refractivity contribution in [1.29, 1.82) is 0 Å². The van der Waals surface area contributed by atoms with Crippen molar-refractivity contribution in [2.45, 2.75) is 56.3 Å². The Kier molecular flexibility index (Phi) is 9.11. The van der Waals surface area contributed by atoms with E-state index in [0.717, 1.165) is 19.1 Å². The Morgan fingerprint density at radius 3 is 2.56 bits per heavy atom. The van der Waals surface area contributed by atoms with Crippen molar-refractivity contribution >= 4 is 39.4 Å². The number of sulfonamides is 1. The Hall–Kier alpha value is -3.85. The number of fused-ring (bicyclic) bond motifs is 1. The highest BCUT2D eigenvalue weighted by Crippen LogP contribution is 2.46. The number of hydroxylamine groups is 1. The Balaban J connectivity index is 1.52. The first kappa shape index (κ1) is 30.6. The van der Waals surface area contributed by atoms with E-state index in [0.29, 0.717) is 34.6 Å². The lowest BCUT2D eigenvalue weighted by molar-refractivity contribution is -0.138. The lowest BCUT2D eigenvalue weighted by atomic mass is 9.76. The van der Waals surface area contributed by atoms with Crippen LogP contribution >= 0.6 is 11.6 Å². The number of aromatic nitrogens is 2. The first-order chi connectivity index (χ1) is 20.6. The van der Waals surface area contributed by atoms with Crippen LogP contribution in [0.4, 0.5) is 0 Å². The van der Waals surface area contributed by atoms with Crippen LogP contribution in [-0.4, -0.2) is 66.7 Å². The maximum Gasteiger partial charge on any atom is 0.397 e. The second-order valence-corrected chi connectivity index (χ2v) is 12.6. The van der Waals surface area contributed by atoms with Gasteiger partial charge in [-0.2, -0.15) is 4.98 Å². The second kappa shape index (κ2) is 12.8. The Morgan fingerprint density at radius 2 is 1.84 bits per heavy atom. The van der Waals surface area contributed by atoms with Gasteiger partial charge in [0.1, 0.15) is 6.61 Å². The Labute approximate surface area is 252 Å². The van der Waals surface area contributed by atoms with Gasteiger partial charge >= 0.3 is 11.9 Å². The van der Waals surface area contributed by atoms with Gasteiger partial charge in [0.25, 0.3) is 11.8 Å². The summed E-state index contributed by atoms with van der Waals surface area (Å²) in [5, 5.41) is 4.11. The van der Waals surface area contributed by atoms with Crippen LogP contribution in [0.1, 0.15) is 75.6 Å². The topological polar surface area (TPSA) is 170 Å². The van der Waals surface area contributed by atoms with E-state index in [4.69, 9.17) is 21.0 Å². The highest BCUT2D eigenvalue weighted by Gasteiger charge is 2.49. The molecule has 2 heterocycles. The molecule has 2 amide bonds. The van der Waals surface area contributed by atoms with Crippen molar-refractivity contribution in [2.75, 3.05) is 13.4 Å². The van der Waals surface area contributed by atoms with Crippen molar-refractivity contribution in [3.63, 3.8) is 0 Å². The van der Waals surface area contributed by atoms with E-state index in [1.165, 1.54) is 7.11 Å². The fraction of sp³-hybridized carbons (Fsp3) is 0.393. The van der Waals surface area contributed by atoms with E-state index < -0.39 is 45.9 Å². The number of amides is 2. The Morgan fingerprint density at radius 1 is 1.12 bits per heavy atom. The number of hydrogen-bond donors (Lipinski definition) is 2. The van der Waals surface area contributed by atoms with E-state index in [9.17, 15) is 22.8 Å². The molecule has 228 valence electrons. The van der Waals surface area contributed by atoms with Crippen molar-refractivity contribution in [2.24, 2.45) is 0 Å². The number of benzene rings is 2. The predicted molar refractivity (Wildman–Crippen MR) is 152 cm³/mol. The molecule has 0 bridgehead atoms. The Bertz CT molecular complexity index is 1610. The molecule has 43 heavy (non-hydrogen) atoms. The summed E-state index contributed by atoms with van der Waals surface area (Å²) in [4.78, 5) is 50.7. The molecule has 5 rings (SSSR count). The third-order valence-electron chi connectivity index (χ3n) is 7.52. The van der Waals surface area contributed by atoms with E-state index in [1.807, 2.05) is 0 Å². The summed E-state index contributed by atoms with van der Waals surface area (Å²) in [5.41, 5.74) is 3.89. The van der Waals surface area contributed by atoms with Gasteiger partial charge in [-0.25, -0.2) is 23.4 Å². The SMILES string of the molecule is COC(=O)c1nc(CONC(=O)[C@@H]2c3ccccc3C(=O)N([C@H]3CCCC[C@@H]3NS(C)(=O)=O)[C@H]2c2ccc(Cl)cc2)no1. The van der Waals surface area contributed by atoms with Gasteiger partial charge in [0.05, 0.1) is 25.3 Å². The molecule has 2 N–H and O–H groups in total. The van der Waals surface area contributed by atoms with Gasteiger partial charge in [-0.05, 0) is 42.2 Å². The lowest BCUT2D eigenvalue weighted by Crippen LogP contribution is -2.59. The van der Waals surface area contributed by atoms with Crippen LogP contribution in [-0.2, 0) is 31.0 Å². The van der Waals surface area contributed by atoms with Crippen molar-refractivity contribution in [3.05, 3.63) is 82.0 Å². The first-order valence-corrected chi connectivity index (χ1v) is 15.8. The van der Waals surface area contributed by atoms with Crippen LogP contribution in [0.5, 0.6) is 0 Å². The van der Waals surface area contributed by atoms with Crippen molar-refractivity contribution in [1.82, 2.24) is 25.2 Å². The van der Waals surface area contributed by atoms with Gasteiger partial charge in [-0.15, -0.1) is 0 Å². The molecular weight excluding hydrogens is 602 g/mol. The van der Waals surface area contributed by atoms with E-state index in [1.54, 1.807) is 53.4 Å². The third kappa shape index (κ3) is 6.72. The number of ether oxygens (including phenoxy) is 1. The van der Waals surface area contributed by atoms with Crippen LogP contribution in [0.3, 0.4) is 0 Å². The van der Waals surface area contributed by atoms with Crippen LogP contribution < -0.4 is 10.2 Å². The average Bonchev–Trinajstić information content (AvgIpc) is 3.46. The molecule has 1 aromatic heterocycles. The second-order valence-electron chi connectivity index (χ2n) is 10.4. The molecule has 1 aliphatic heterocycles. The van der Waals surface area contributed by atoms with Crippen molar-refractivity contribution in [3.8, 4) is 0 Å². The number of methoxy groups -OCH3 is 1. The number of nitrogens with zero attached hydrogens (tertiary/aromatic N) is 3. The van der Waals surface area contributed by atoms with Crippen LogP contribution in [0, 0.1) is 0 Å². The maximum absolute atomic E-state index is 14.2. The number of esters is 1. The minimum atomic E-state index is -3.59. The number of nitrogens with one attached hydrogen (secondary N) is 2. The highest BCUT2D eigenvalue weighted by atomic mass is 35.5. The van der Waals surface area contributed by atoms with Gasteiger partial charge < -0.3 is 14.2 Å². The standard InChI is InChI=1S/C28H30ClN5O8S/c1-40-28(37)26-30-22(31-42-26)15-41-32-25(35)23-18-7-3-4-8-19(18)27(36)34(24(23)16-11-13-17(29)14-12-16)21-10-6-5-9-20(21)33-43(2,38)39/h3-4,7-8,11-14,20-21,23-24,33H,5-6,9-10,15H2,1-2H3,(H,32,35)/t20-,21-,23+,24-/m0/s1. The highest BCUT2D eigenvalue weighted by molar-refractivity contribution is 7.88. The van der Waals surface area contributed by atoms with Gasteiger partial charge in [0.2, 0.25) is 15.8 Å². The first-order valence-electron chi connectivity index (χ1n) is 13.5. The zero-order valence-electron chi connectivity index (χ0n) is 23.4. The van der Waals surface area contributed by atoms with E-state index >= 15 is 0 Å². The molecule has 0 radical (unpaired) electrons. The summed E-state index contributed by atoms with van der Waals surface area (Å²) in [5.74, 6) is -3.02. The molecule has 1 aliphatic carbocycles. The van der Waals surface area contributed by atoms with Crippen molar-refractivity contribution < 1.29 is 36.9 Å². The monoisotopic (exact) mass is 631 g/mol. The average molecular weight is 632 g/mol. The zero-order valence-corrected chi connectivity index (χ0v) is 24.9. The molecule has 15 heteroatoms. The smallest absolute Gasteiger partial charge is 0.397 e. The molecular formula is C28H30ClN5O8S. The molecule has 0 spiro atoms. The zero-order chi connectivity index (χ0) is 30.7. The van der Waals surface area contributed by atoms with Gasteiger partial charge in [0.15, 0.2) is 0 Å². The molecule has 13 nitrogen and oxygen atoms in total. The third-order valence-corrected chi connectivity index (χ3v) is 8.51. The lowest BCUT2D eigenvalue weighted by Gasteiger charge is -2.49. The predicted octanol–water partition coefficient (Wildman–Crippen LogP) is 2.90. The largest absolute Gasteiger partial charge is 0.462 e. The van der Waals surface area contributed by atoms with Gasteiger partial charge in [-0.3, -0.25) is 14.4 Å². The molecule has 4 atom stereocenters. The number of rotatable bonds is 9. The number of carbonyl (C=O) groups is 3. The molecule has 1 fully saturated rings. The minimum Gasteiger partial charge on any atom is -0.462 e. The summed E-state index contributed by atoms with van der Waals surface area (Å²) >= 11 is 6.19. The summed E-state index contributed by atoms with van der Waals surface area (Å²) in [6, 6.07) is 11.8. The van der Waals surface area contributed by atoms with Crippen LogP contribution in [0.2, 0.25) is 5.02 Å². The normalized spacial score (nSPS) is 22.1. The van der Waals surface area contributed by atoms with Crippen LogP contribution in [0.15, 0.2) is 53.1 Å². The number of carbonyl (C=O) groups excluding carboxylic acids is 3. The number of halogens is 1. The van der Waals surface area contributed by atoms with Crippen LogP contribution in [0.25, 0.3) is 0 Å². The fourth-order valence-electron chi connectivity index (χ4n) is 5.79. The molecule has 0 unspecified atom stereocenters. The molecule has 3 aromatic rings. The van der Waals surface area contributed by atoms with Gasteiger partial charge in [-0.1, -0.05) is 59.9 Å². The summed E-state index contributed by atoms with van der Waals surface area (Å²) in [7, 11) is -2.42. The molecule has 0 saturated heterocycles. The summed E-state index contributed by atoms with van der Waals surface area (Å²) in [6.45, 7) is -0.322. The minimum absolute atomic E-state index is 0.00676. The van der Waals surface area contributed by atoms with Gasteiger partial charge in [0, 0.05) is 22.7 Å². The quantitative estimate of drug-likeness (QED) is 0.264. The number of hydrogen-bond acceptors (Lipinski definition) is 10. The molecule has 1 saturated carbocycles. The summed E-state index contributed by atoms with van der Waals surface area (Å²) < 4.78 is 36.7. The maximum atomic E-state index is 14.2.